The number of benzene rings is 1. The van der Waals surface area contributed by atoms with Crippen molar-refractivity contribution in [3.63, 3.8) is 0 Å². The summed E-state index contributed by atoms with van der Waals surface area (Å²) < 4.78 is 10.2. The van der Waals surface area contributed by atoms with E-state index in [2.05, 4.69) is 24.3 Å². The third kappa shape index (κ3) is 5.05. The molecule has 1 aliphatic rings. The number of amides is 1. The van der Waals surface area contributed by atoms with Gasteiger partial charge in [0.05, 0.1) is 6.61 Å². The van der Waals surface area contributed by atoms with E-state index in [1.165, 1.54) is 12.0 Å². The summed E-state index contributed by atoms with van der Waals surface area (Å²) in [4.78, 5) is 14.0. The second-order valence-corrected chi connectivity index (χ2v) is 5.47. The van der Waals surface area contributed by atoms with Gasteiger partial charge in [-0.25, -0.2) is 4.79 Å². The second kappa shape index (κ2) is 8.67. The number of ether oxygens (including phenoxy) is 2. The molecule has 1 aromatic carbocycles. The van der Waals surface area contributed by atoms with Crippen LogP contribution in [0.15, 0.2) is 30.3 Å². The van der Waals surface area contributed by atoms with E-state index in [0.29, 0.717) is 19.3 Å². The normalized spacial score (nSPS) is 18.5. The molecule has 4 nitrogen and oxygen atoms in total. The first-order valence-electron chi connectivity index (χ1n) is 7.77. The highest BCUT2D eigenvalue weighted by Crippen LogP contribution is 2.22. The number of piperidine rings is 1. The summed E-state index contributed by atoms with van der Waals surface area (Å²) in [6.45, 7) is 1.59. The number of hydrogen-bond donors (Lipinski definition) is 0. The molecule has 0 N–H and O–H groups in total. The van der Waals surface area contributed by atoms with E-state index in [1.807, 2.05) is 11.0 Å². The number of methoxy groups -OCH3 is 1. The average molecular weight is 291 g/mol. The molecule has 1 amide bonds. The zero-order chi connectivity index (χ0) is 14.9. The first-order valence-corrected chi connectivity index (χ1v) is 7.77. The number of carbonyl (C=O) groups excluding carboxylic acids is 1. The lowest BCUT2D eigenvalue weighted by molar-refractivity contribution is 0.0511. The largest absolute Gasteiger partial charge is 0.447 e. The van der Waals surface area contributed by atoms with Crippen LogP contribution in [-0.2, 0) is 15.9 Å². The third-order valence-electron chi connectivity index (χ3n) is 3.98. The zero-order valence-electron chi connectivity index (χ0n) is 12.8. The van der Waals surface area contributed by atoms with Crippen molar-refractivity contribution in [2.24, 2.45) is 0 Å². The molecule has 1 heterocycles. The molecule has 1 fully saturated rings. The Bertz CT molecular complexity index is 421. The number of carbonyl (C=O) groups is 1. The van der Waals surface area contributed by atoms with Crippen LogP contribution in [0.4, 0.5) is 4.79 Å². The fourth-order valence-corrected chi connectivity index (χ4v) is 2.81. The molecule has 1 aliphatic heterocycles. The molecule has 2 rings (SSSR count). The summed E-state index contributed by atoms with van der Waals surface area (Å²) in [5.74, 6) is 0. The fraction of sp³-hybridized carbons (Fsp3) is 0.588. The minimum absolute atomic E-state index is 0.190. The Labute approximate surface area is 127 Å². The van der Waals surface area contributed by atoms with Crippen molar-refractivity contribution < 1.29 is 14.3 Å². The average Bonchev–Trinajstić information content (AvgIpc) is 2.54. The van der Waals surface area contributed by atoms with Gasteiger partial charge in [-0.05, 0) is 37.7 Å². The predicted octanol–water partition coefficient (Wildman–Crippen LogP) is 3.26. The lowest BCUT2D eigenvalue weighted by Gasteiger charge is -2.35. The molecular formula is C17H25NO3. The minimum Gasteiger partial charge on any atom is -0.447 e. The van der Waals surface area contributed by atoms with Crippen LogP contribution in [0.3, 0.4) is 0 Å². The first kappa shape index (κ1) is 15.8. The smallest absolute Gasteiger partial charge is 0.410 e. The summed E-state index contributed by atoms with van der Waals surface area (Å²) in [7, 11) is 1.61. The Balaban J connectivity index is 1.84. The maximum atomic E-state index is 12.1. The monoisotopic (exact) mass is 291 g/mol. The van der Waals surface area contributed by atoms with E-state index in [9.17, 15) is 4.79 Å². The number of nitrogens with zero attached hydrogens (tertiary/aromatic N) is 1. The van der Waals surface area contributed by atoms with Gasteiger partial charge in [-0.3, -0.25) is 0 Å². The number of rotatable bonds is 6. The fourth-order valence-electron chi connectivity index (χ4n) is 2.81. The van der Waals surface area contributed by atoms with Crippen molar-refractivity contribution in [1.29, 1.82) is 0 Å². The summed E-state index contributed by atoms with van der Waals surface area (Å²) in [5, 5.41) is 0. The quantitative estimate of drug-likeness (QED) is 0.755. The van der Waals surface area contributed by atoms with Crippen LogP contribution in [-0.4, -0.2) is 43.9 Å². The van der Waals surface area contributed by atoms with Gasteiger partial charge >= 0.3 is 6.09 Å². The molecule has 0 saturated carbocycles. The van der Waals surface area contributed by atoms with Crippen molar-refractivity contribution in [2.45, 2.75) is 38.1 Å². The predicted molar refractivity (Wildman–Crippen MR) is 82.3 cm³/mol. The third-order valence-corrected chi connectivity index (χ3v) is 3.98. The molecule has 116 valence electrons. The standard InChI is InChI=1S/C17H25NO3/c1-20-13-14-21-17(19)18-12-6-5-9-16(18)11-10-15-7-3-2-4-8-15/h2-4,7-8,16H,5-6,9-14H2,1H3/t16-/m1/s1. The molecule has 1 atom stereocenters. The Hall–Kier alpha value is -1.55. The molecule has 4 heteroatoms. The van der Waals surface area contributed by atoms with Gasteiger partial charge in [-0.2, -0.15) is 0 Å². The van der Waals surface area contributed by atoms with Gasteiger partial charge in [-0.15, -0.1) is 0 Å². The molecule has 21 heavy (non-hydrogen) atoms. The molecule has 1 saturated heterocycles. The molecule has 0 aliphatic carbocycles. The molecular weight excluding hydrogens is 266 g/mol. The maximum Gasteiger partial charge on any atom is 0.410 e. The van der Waals surface area contributed by atoms with Gasteiger partial charge in [0.1, 0.15) is 6.61 Å². The van der Waals surface area contributed by atoms with Crippen LogP contribution >= 0.6 is 0 Å². The summed E-state index contributed by atoms with van der Waals surface area (Å²) >= 11 is 0. The van der Waals surface area contributed by atoms with Gasteiger partial charge in [0.25, 0.3) is 0 Å². The van der Waals surface area contributed by atoms with E-state index < -0.39 is 0 Å². The van der Waals surface area contributed by atoms with Crippen LogP contribution in [0.1, 0.15) is 31.2 Å². The van der Waals surface area contributed by atoms with Crippen LogP contribution < -0.4 is 0 Å². The van der Waals surface area contributed by atoms with E-state index >= 15 is 0 Å². The van der Waals surface area contributed by atoms with Crippen molar-refractivity contribution >= 4 is 6.09 Å². The topological polar surface area (TPSA) is 38.8 Å². The van der Waals surface area contributed by atoms with Crippen molar-refractivity contribution in [1.82, 2.24) is 4.90 Å². The van der Waals surface area contributed by atoms with Crippen LogP contribution in [0, 0.1) is 0 Å². The number of aryl methyl sites for hydroxylation is 1. The van der Waals surface area contributed by atoms with Gasteiger partial charge in [0.2, 0.25) is 0 Å². The molecule has 0 spiro atoms. The van der Waals surface area contributed by atoms with Crippen LogP contribution in [0.2, 0.25) is 0 Å². The van der Waals surface area contributed by atoms with Crippen LogP contribution in [0.25, 0.3) is 0 Å². The Morgan fingerprint density at radius 3 is 2.81 bits per heavy atom. The highest BCUT2D eigenvalue weighted by molar-refractivity contribution is 5.68. The van der Waals surface area contributed by atoms with E-state index in [0.717, 1.165) is 32.2 Å². The minimum atomic E-state index is -0.190. The summed E-state index contributed by atoms with van der Waals surface area (Å²) in [6, 6.07) is 10.7. The van der Waals surface area contributed by atoms with E-state index in [-0.39, 0.29) is 6.09 Å². The number of likely N-dealkylation sites (tertiary alicyclic amines) is 1. The van der Waals surface area contributed by atoms with E-state index in [1.54, 1.807) is 7.11 Å². The Morgan fingerprint density at radius 2 is 2.05 bits per heavy atom. The molecule has 0 unspecified atom stereocenters. The van der Waals surface area contributed by atoms with Gasteiger partial charge < -0.3 is 14.4 Å². The van der Waals surface area contributed by atoms with Crippen molar-refractivity contribution in [3.8, 4) is 0 Å². The zero-order valence-corrected chi connectivity index (χ0v) is 12.8. The second-order valence-electron chi connectivity index (χ2n) is 5.47. The lowest BCUT2D eigenvalue weighted by Crippen LogP contribution is -2.44. The maximum absolute atomic E-state index is 12.1. The first-order chi connectivity index (χ1) is 10.3. The number of hydrogen-bond acceptors (Lipinski definition) is 3. The van der Waals surface area contributed by atoms with E-state index in [4.69, 9.17) is 9.47 Å². The highest BCUT2D eigenvalue weighted by Gasteiger charge is 2.27. The van der Waals surface area contributed by atoms with Crippen LogP contribution in [0.5, 0.6) is 0 Å². The summed E-state index contributed by atoms with van der Waals surface area (Å²) in [5.41, 5.74) is 1.33. The van der Waals surface area contributed by atoms with Crippen molar-refractivity contribution in [2.75, 3.05) is 26.9 Å². The molecule has 0 bridgehead atoms. The molecule has 0 radical (unpaired) electrons. The Morgan fingerprint density at radius 1 is 1.24 bits per heavy atom. The van der Waals surface area contributed by atoms with Gasteiger partial charge in [0.15, 0.2) is 0 Å². The molecule has 0 aromatic heterocycles. The Kier molecular flexibility index (Phi) is 6.54. The SMILES string of the molecule is COCCOC(=O)N1CCCC[C@@H]1CCc1ccccc1. The molecule has 1 aromatic rings. The lowest BCUT2D eigenvalue weighted by atomic mass is 9.96. The summed E-state index contributed by atoms with van der Waals surface area (Å²) in [6.07, 6.45) is 5.16. The highest BCUT2D eigenvalue weighted by atomic mass is 16.6. The van der Waals surface area contributed by atoms with Crippen molar-refractivity contribution in [3.05, 3.63) is 35.9 Å². The van der Waals surface area contributed by atoms with Gasteiger partial charge in [0, 0.05) is 19.7 Å². The van der Waals surface area contributed by atoms with Gasteiger partial charge in [-0.1, -0.05) is 30.3 Å².